The highest BCUT2D eigenvalue weighted by Crippen LogP contribution is 1.96. The molecule has 0 amide bonds. The first-order chi connectivity index (χ1) is 5.86. The maximum Gasteiger partial charge on any atom is 0.154 e. The minimum Gasteiger partial charge on any atom is -0.377 e. The van der Waals surface area contributed by atoms with Crippen molar-refractivity contribution >= 4 is 0 Å². The summed E-state index contributed by atoms with van der Waals surface area (Å²) in [6.45, 7) is 1.07. The SMILES string of the molecule is COCc1nccc(CCN)n1. The zero-order chi connectivity index (χ0) is 8.81. The quantitative estimate of drug-likeness (QED) is 0.692. The molecule has 0 radical (unpaired) electrons. The fourth-order valence-corrected chi connectivity index (χ4v) is 0.927. The van der Waals surface area contributed by atoms with Gasteiger partial charge in [-0.15, -0.1) is 0 Å². The van der Waals surface area contributed by atoms with E-state index in [1.54, 1.807) is 13.3 Å². The molecule has 0 spiro atoms. The Balaban J connectivity index is 2.67. The molecule has 4 nitrogen and oxygen atoms in total. The molecule has 1 heterocycles. The number of hydrogen-bond acceptors (Lipinski definition) is 4. The summed E-state index contributed by atoms with van der Waals surface area (Å²) >= 11 is 0. The second kappa shape index (κ2) is 4.79. The Bertz CT molecular complexity index is 218. The Morgan fingerprint density at radius 1 is 1.58 bits per heavy atom. The molecule has 0 atom stereocenters. The van der Waals surface area contributed by atoms with E-state index in [0.29, 0.717) is 19.0 Å². The first kappa shape index (κ1) is 9.09. The lowest BCUT2D eigenvalue weighted by Crippen LogP contribution is -2.06. The normalized spacial score (nSPS) is 10.2. The molecule has 0 saturated heterocycles. The van der Waals surface area contributed by atoms with Crippen LogP contribution in [0.2, 0.25) is 0 Å². The van der Waals surface area contributed by atoms with Crippen LogP contribution in [-0.2, 0) is 17.8 Å². The molecule has 0 aliphatic rings. The Hall–Kier alpha value is -1.00. The molecule has 12 heavy (non-hydrogen) atoms. The van der Waals surface area contributed by atoms with Gasteiger partial charge < -0.3 is 10.5 Å². The van der Waals surface area contributed by atoms with E-state index in [4.69, 9.17) is 10.5 Å². The van der Waals surface area contributed by atoms with Crippen LogP contribution < -0.4 is 5.73 Å². The van der Waals surface area contributed by atoms with Gasteiger partial charge in [-0.25, -0.2) is 9.97 Å². The molecule has 1 rings (SSSR count). The van der Waals surface area contributed by atoms with Crippen LogP contribution in [0.1, 0.15) is 11.5 Å². The maximum absolute atomic E-state index is 5.39. The van der Waals surface area contributed by atoms with Crippen LogP contribution in [0.3, 0.4) is 0 Å². The third-order valence-corrected chi connectivity index (χ3v) is 1.44. The van der Waals surface area contributed by atoms with Gasteiger partial charge in [0.1, 0.15) is 6.61 Å². The van der Waals surface area contributed by atoms with Crippen molar-refractivity contribution < 1.29 is 4.74 Å². The Morgan fingerprint density at radius 3 is 3.08 bits per heavy atom. The summed E-state index contributed by atoms with van der Waals surface area (Å²) in [5, 5.41) is 0. The molecule has 1 aromatic heterocycles. The third kappa shape index (κ3) is 2.56. The van der Waals surface area contributed by atoms with Crippen LogP contribution in [-0.4, -0.2) is 23.6 Å². The lowest BCUT2D eigenvalue weighted by atomic mass is 10.3. The molecule has 66 valence electrons. The first-order valence-electron chi connectivity index (χ1n) is 3.86. The van der Waals surface area contributed by atoms with Crippen LogP contribution in [0.4, 0.5) is 0 Å². The lowest BCUT2D eigenvalue weighted by molar-refractivity contribution is 0.177. The van der Waals surface area contributed by atoms with E-state index in [-0.39, 0.29) is 0 Å². The van der Waals surface area contributed by atoms with Crippen molar-refractivity contribution in [3.05, 3.63) is 23.8 Å². The monoisotopic (exact) mass is 167 g/mol. The zero-order valence-corrected chi connectivity index (χ0v) is 7.16. The molecular formula is C8H13N3O. The molecule has 2 N–H and O–H groups in total. The highest BCUT2D eigenvalue weighted by molar-refractivity contribution is 5.02. The van der Waals surface area contributed by atoms with Crippen molar-refractivity contribution in [1.82, 2.24) is 9.97 Å². The summed E-state index contributed by atoms with van der Waals surface area (Å²) in [6.07, 6.45) is 2.52. The summed E-state index contributed by atoms with van der Waals surface area (Å²) in [7, 11) is 1.62. The molecule has 4 heteroatoms. The molecule has 0 fully saturated rings. The highest BCUT2D eigenvalue weighted by atomic mass is 16.5. The van der Waals surface area contributed by atoms with Gasteiger partial charge >= 0.3 is 0 Å². The van der Waals surface area contributed by atoms with E-state index in [9.17, 15) is 0 Å². The first-order valence-corrected chi connectivity index (χ1v) is 3.86. The number of rotatable bonds is 4. The lowest BCUT2D eigenvalue weighted by Gasteiger charge is -2.00. The zero-order valence-electron chi connectivity index (χ0n) is 7.16. The smallest absolute Gasteiger partial charge is 0.154 e. The summed E-state index contributed by atoms with van der Waals surface area (Å²) in [4.78, 5) is 8.27. The predicted octanol–water partition coefficient (Wildman–Crippen LogP) is 0.124. The van der Waals surface area contributed by atoms with Gasteiger partial charge in [0.15, 0.2) is 5.82 Å². The average molecular weight is 167 g/mol. The predicted molar refractivity (Wildman–Crippen MR) is 45.5 cm³/mol. The summed E-state index contributed by atoms with van der Waals surface area (Å²) < 4.78 is 4.90. The maximum atomic E-state index is 5.39. The number of nitrogens with two attached hydrogens (primary N) is 1. The van der Waals surface area contributed by atoms with Crippen molar-refractivity contribution in [3.8, 4) is 0 Å². The molecule has 0 aliphatic carbocycles. The molecule has 1 aromatic rings. The number of hydrogen-bond donors (Lipinski definition) is 1. The van der Waals surface area contributed by atoms with E-state index in [1.165, 1.54) is 0 Å². The molecule has 0 aromatic carbocycles. The van der Waals surface area contributed by atoms with Gasteiger partial charge in [-0.2, -0.15) is 0 Å². The van der Waals surface area contributed by atoms with Gasteiger partial charge in [0.2, 0.25) is 0 Å². The fourth-order valence-electron chi connectivity index (χ4n) is 0.927. The van der Waals surface area contributed by atoms with Crippen LogP contribution in [0, 0.1) is 0 Å². The second-order valence-corrected chi connectivity index (χ2v) is 2.44. The van der Waals surface area contributed by atoms with Crippen molar-refractivity contribution in [2.45, 2.75) is 13.0 Å². The topological polar surface area (TPSA) is 61.0 Å². The largest absolute Gasteiger partial charge is 0.377 e. The number of aromatic nitrogens is 2. The summed E-state index contributed by atoms with van der Waals surface area (Å²) in [5.41, 5.74) is 6.36. The van der Waals surface area contributed by atoms with E-state index < -0.39 is 0 Å². The van der Waals surface area contributed by atoms with Gasteiger partial charge in [0.25, 0.3) is 0 Å². The van der Waals surface area contributed by atoms with E-state index in [0.717, 1.165) is 12.1 Å². The molecule has 0 bridgehead atoms. The Kier molecular flexibility index (Phi) is 3.63. The average Bonchev–Trinajstić information content (AvgIpc) is 2.06. The van der Waals surface area contributed by atoms with E-state index in [2.05, 4.69) is 9.97 Å². The Morgan fingerprint density at radius 2 is 2.42 bits per heavy atom. The molecule has 0 saturated carbocycles. The minimum atomic E-state index is 0.457. The number of ether oxygens (including phenoxy) is 1. The van der Waals surface area contributed by atoms with Crippen LogP contribution >= 0.6 is 0 Å². The van der Waals surface area contributed by atoms with Gasteiger partial charge in [0.05, 0.1) is 0 Å². The standard InChI is InChI=1S/C8H13N3O/c1-12-6-8-10-5-3-7(11-8)2-4-9/h3,5H,2,4,6,9H2,1H3. The van der Waals surface area contributed by atoms with Gasteiger partial charge in [0, 0.05) is 25.4 Å². The minimum absolute atomic E-state index is 0.457. The Labute approximate surface area is 71.8 Å². The molecular weight excluding hydrogens is 154 g/mol. The van der Waals surface area contributed by atoms with Gasteiger partial charge in [-0.1, -0.05) is 0 Å². The van der Waals surface area contributed by atoms with Crippen molar-refractivity contribution in [3.63, 3.8) is 0 Å². The number of methoxy groups -OCH3 is 1. The van der Waals surface area contributed by atoms with Gasteiger partial charge in [-0.05, 0) is 12.6 Å². The van der Waals surface area contributed by atoms with Crippen molar-refractivity contribution in [2.24, 2.45) is 5.73 Å². The molecule has 0 unspecified atom stereocenters. The summed E-state index contributed by atoms with van der Waals surface area (Å²) in [5.74, 6) is 0.712. The highest BCUT2D eigenvalue weighted by Gasteiger charge is 1.96. The van der Waals surface area contributed by atoms with Crippen molar-refractivity contribution in [2.75, 3.05) is 13.7 Å². The van der Waals surface area contributed by atoms with E-state index >= 15 is 0 Å². The van der Waals surface area contributed by atoms with Crippen molar-refractivity contribution in [1.29, 1.82) is 0 Å². The van der Waals surface area contributed by atoms with E-state index in [1.807, 2.05) is 6.07 Å². The molecule has 0 aliphatic heterocycles. The van der Waals surface area contributed by atoms with Crippen LogP contribution in [0.25, 0.3) is 0 Å². The number of nitrogens with zero attached hydrogens (tertiary/aromatic N) is 2. The van der Waals surface area contributed by atoms with Gasteiger partial charge in [-0.3, -0.25) is 0 Å². The van der Waals surface area contributed by atoms with Crippen LogP contribution in [0.15, 0.2) is 12.3 Å². The van der Waals surface area contributed by atoms with Crippen LogP contribution in [0.5, 0.6) is 0 Å². The summed E-state index contributed by atoms with van der Waals surface area (Å²) in [6, 6.07) is 1.87. The third-order valence-electron chi connectivity index (χ3n) is 1.44. The second-order valence-electron chi connectivity index (χ2n) is 2.44. The fraction of sp³-hybridized carbons (Fsp3) is 0.500.